The van der Waals surface area contributed by atoms with Gasteiger partial charge in [-0.15, -0.1) is 0 Å². The molecule has 4 nitrogen and oxygen atoms in total. The van der Waals surface area contributed by atoms with Crippen molar-refractivity contribution in [3.05, 3.63) is 0 Å². The number of primary amides is 1. The standard InChI is InChI=1S/C11H23N3O/c1-9(11(12)15)7-14(2)8-10-4-3-5-13-6-10/h9-10,13H,3-8H2,1-2H3,(H2,12,15). The number of hydrogen-bond acceptors (Lipinski definition) is 3. The summed E-state index contributed by atoms with van der Waals surface area (Å²) < 4.78 is 0. The minimum atomic E-state index is -0.205. The van der Waals surface area contributed by atoms with E-state index in [1.165, 1.54) is 12.8 Å². The van der Waals surface area contributed by atoms with Crippen molar-refractivity contribution in [3.63, 3.8) is 0 Å². The third kappa shape index (κ3) is 4.62. The number of nitrogens with two attached hydrogens (primary N) is 1. The van der Waals surface area contributed by atoms with Gasteiger partial charge < -0.3 is 16.0 Å². The first-order chi connectivity index (χ1) is 7.09. The van der Waals surface area contributed by atoms with E-state index >= 15 is 0 Å². The Bertz CT molecular complexity index is 202. The lowest BCUT2D eigenvalue weighted by molar-refractivity contribution is -0.121. The Morgan fingerprint density at radius 1 is 1.67 bits per heavy atom. The SMILES string of the molecule is CC(CN(C)CC1CCCNC1)C(N)=O. The summed E-state index contributed by atoms with van der Waals surface area (Å²) in [5.74, 6) is 0.471. The molecule has 2 unspecified atom stereocenters. The maximum Gasteiger partial charge on any atom is 0.221 e. The predicted molar refractivity (Wildman–Crippen MR) is 61.4 cm³/mol. The van der Waals surface area contributed by atoms with Gasteiger partial charge in [0.2, 0.25) is 5.91 Å². The average molecular weight is 213 g/mol. The zero-order valence-electron chi connectivity index (χ0n) is 9.83. The number of amides is 1. The fourth-order valence-electron chi connectivity index (χ4n) is 2.15. The van der Waals surface area contributed by atoms with Crippen molar-refractivity contribution in [3.8, 4) is 0 Å². The summed E-state index contributed by atoms with van der Waals surface area (Å²) in [7, 11) is 2.06. The van der Waals surface area contributed by atoms with E-state index in [2.05, 4.69) is 17.3 Å². The first-order valence-corrected chi connectivity index (χ1v) is 5.78. The van der Waals surface area contributed by atoms with E-state index in [0.717, 1.165) is 32.1 Å². The molecule has 0 radical (unpaired) electrons. The molecule has 2 atom stereocenters. The molecule has 0 aromatic carbocycles. The molecule has 1 aliphatic rings. The number of carbonyl (C=O) groups excluding carboxylic acids is 1. The molecule has 0 aromatic heterocycles. The average Bonchev–Trinajstić information content (AvgIpc) is 2.18. The summed E-state index contributed by atoms with van der Waals surface area (Å²) in [6.45, 7) is 5.97. The second kappa shape index (κ2) is 6.08. The van der Waals surface area contributed by atoms with Gasteiger partial charge in [-0.3, -0.25) is 4.79 Å². The van der Waals surface area contributed by atoms with Gasteiger partial charge in [-0.25, -0.2) is 0 Å². The van der Waals surface area contributed by atoms with Gasteiger partial charge in [-0.05, 0) is 38.9 Å². The van der Waals surface area contributed by atoms with Crippen LogP contribution in [0.1, 0.15) is 19.8 Å². The van der Waals surface area contributed by atoms with Crippen molar-refractivity contribution in [1.82, 2.24) is 10.2 Å². The Labute approximate surface area is 92.2 Å². The zero-order chi connectivity index (χ0) is 11.3. The zero-order valence-corrected chi connectivity index (χ0v) is 9.83. The highest BCUT2D eigenvalue weighted by atomic mass is 16.1. The smallest absolute Gasteiger partial charge is 0.221 e. The third-order valence-corrected chi connectivity index (χ3v) is 3.04. The summed E-state index contributed by atoms with van der Waals surface area (Å²) in [6.07, 6.45) is 2.56. The highest BCUT2D eigenvalue weighted by Crippen LogP contribution is 2.11. The van der Waals surface area contributed by atoms with Crippen LogP contribution in [0.5, 0.6) is 0 Å². The lowest BCUT2D eigenvalue weighted by Crippen LogP contribution is -2.39. The quantitative estimate of drug-likeness (QED) is 0.678. The van der Waals surface area contributed by atoms with Gasteiger partial charge >= 0.3 is 0 Å². The van der Waals surface area contributed by atoms with Crippen LogP contribution in [0.15, 0.2) is 0 Å². The van der Waals surface area contributed by atoms with Gasteiger partial charge in [0.05, 0.1) is 0 Å². The fourth-order valence-corrected chi connectivity index (χ4v) is 2.15. The molecule has 3 N–H and O–H groups in total. The molecule has 0 aliphatic carbocycles. The van der Waals surface area contributed by atoms with Crippen molar-refractivity contribution in [2.24, 2.45) is 17.6 Å². The molecular formula is C11H23N3O. The van der Waals surface area contributed by atoms with Crippen molar-refractivity contribution in [2.45, 2.75) is 19.8 Å². The highest BCUT2D eigenvalue weighted by molar-refractivity contribution is 5.76. The van der Waals surface area contributed by atoms with E-state index in [0.29, 0.717) is 0 Å². The molecule has 1 fully saturated rings. The molecule has 1 heterocycles. The molecule has 1 saturated heterocycles. The second-order valence-corrected chi connectivity index (χ2v) is 4.74. The largest absolute Gasteiger partial charge is 0.369 e. The normalized spacial score (nSPS) is 24.1. The number of nitrogens with zero attached hydrogens (tertiary/aromatic N) is 1. The number of rotatable bonds is 5. The Morgan fingerprint density at radius 3 is 2.93 bits per heavy atom. The van der Waals surface area contributed by atoms with Crippen molar-refractivity contribution in [1.29, 1.82) is 0 Å². The second-order valence-electron chi connectivity index (χ2n) is 4.74. The predicted octanol–water partition coefficient (Wildman–Crippen LogP) is 0.0392. The summed E-state index contributed by atoms with van der Waals surface area (Å²) in [5.41, 5.74) is 5.24. The van der Waals surface area contributed by atoms with E-state index in [9.17, 15) is 4.79 Å². The van der Waals surface area contributed by atoms with Crippen LogP contribution in [0.4, 0.5) is 0 Å². The first-order valence-electron chi connectivity index (χ1n) is 5.78. The molecule has 15 heavy (non-hydrogen) atoms. The van der Waals surface area contributed by atoms with Gasteiger partial charge in [-0.2, -0.15) is 0 Å². The molecule has 1 aliphatic heterocycles. The van der Waals surface area contributed by atoms with Crippen molar-refractivity contribution >= 4 is 5.91 Å². The summed E-state index contributed by atoms with van der Waals surface area (Å²) >= 11 is 0. The first kappa shape index (κ1) is 12.5. The lowest BCUT2D eigenvalue weighted by Gasteiger charge is -2.28. The Morgan fingerprint density at radius 2 is 2.40 bits per heavy atom. The van der Waals surface area contributed by atoms with E-state index in [1.54, 1.807) is 0 Å². The van der Waals surface area contributed by atoms with Crippen molar-refractivity contribution < 1.29 is 4.79 Å². The molecule has 1 rings (SSSR count). The molecule has 0 saturated carbocycles. The van der Waals surface area contributed by atoms with Crippen LogP contribution >= 0.6 is 0 Å². The summed E-state index contributed by atoms with van der Waals surface area (Å²) in [4.78, 5) is 13.1. The summed E-state index contributed by atoms with van der Waals surface area (Å²) in [6, 6.07) is 0. The third-order valence-electron chi connectivity index (χ3n) is 3.04. The Hall–Kier alpha value is -0.610. The van der Waals surface area contributed by atoms with Gasteiger partial charge in [-0.1, -0.05) is 6.92 Å². The molecule has 88 valence electrons. The highest BCUT2D eigenvalue weighted by Gasteiger charge is 2.17. The van der Waals surface area contributed by atoms with E-state index < -0.39 is 0 Å². The van der Waals surface area contributed by atoms with Gasteiger partial charge in [0.15, 0.2) is 0 Å². The Balaban J connectivity index is 2.22. The molecule has 0 aromatic rings. The van der Waals surface area contributed by atoms with Crippen LogP contribution in [0, 0.1) is 11.8 Å². The molecule has 4 heteroatoms. The minimum absolute atomic E-state index is 0.0495. The number of carbonyl (C=O) groups is 1. The van der Waals surface area contributed by atoms with Crippen molar-refractivity contribution in [2.75, 3.05) is 33.2 Å². The number of piperidine rings is 1. The van der Waals surface area contributed by atoms with E-state index in [4.69, 9.17) is 5.73 Å². The van der Waals surface area contributed by atoms with Crippen LogP contribution in [-0.4, -0.2) is 44.0 Å². The summed E-state index contributed by atoms with van der Waals surface area (Å²) in [5, 5.41) is 3.40. The Kier molecular flexibility index (Phi) is 5.05. The van der Waals surface area contributed by atoms with Crippen LogP contribution in [-0.2, 0) is 4.79 Å². The minimum Gasteiger partial charge on any atom is -0.369 e. The molecule has 0 spiro atoms. The van der Waals surface area contributed by atoms with Crippen LogP contribution in [0.25, 0.3) is 0 Å². The van der Waals surface area contributed by atoms with Gasteiger partial charge in [0.1, 0.15) is 0 Å². The monoisotopic (exact) mass is 213 g/mol. The maximum atomic E-state index is 10.9. The van der Waals surface area contributed by atoms with Gasteiger partial charge in [0.25, 0.3) is 0 Å². The number of hydrogen-bond donors (Lipinski definition) is 2. The fraction of sp³-hybridized carbons (Fsp3) is 0.909. The van der Waals surface area contributed by atoms with Crippen LogP contribution in [0.3, 0.4) is 0 Å². The molecule has 1 amide bonds. The van der Waals surface area contributed by atoms with E-state index in [1.807, 2.05) is 6.92 Å². The van der Waals surface area contributed by atoms with E-state index in [-0.39, 0.29) is 11.8 Å². The lowest BCUT2D eigenvalue weighted by atomic mass is 9.99. The van der Waals surface area contributed by atoms with Gasteiger partial charge in [0, 0.05) is 19.0 Å². The molecule has 0 bridgehead atoms. The van der Waals surface area contributed by atoms with Crippen LogP contribution in [0.2, 0.25) is 0 Å². The number of nitrogens with one attached hydrogen (secondary N) is 1. The molecular weight excluding hydrogens is 190 g/mol. The van der Waals surface area contributed by atoms with Crippen LogP contribution < -0.4 is 11.1 Å². The maximum absolute atomic E-state index is 10.9. The topological polar surface area (TPSA) is 58.4 Å².